The van der Waals surface area contributed by atoms with Crippen molar-refractivity contribution in [2.24, 2.45) is 14.1 Å². The van der Waals surface area contributed by atoms with Crippen molar-refractivity contribution in [1.29, 1.82) is 0 Å². The van der Waals surface area contributed by atoms with Crippen LogP contribution in [-0.2, 0) is 30.0 Å². The first kappa shape index (κ1) is 31.9. The summed E-state index contributed by atoms with van der Waals surface area (Å²) in [6.07, 6.45) is -1.05. The van der Waals surface area contributed by atoms with Crippen LogP contribution in [0, 0.1) is 11.6 Å². The van der Waals surface area contributed by atoms with Gasteiger partial charge in [0.05, 0.1) is 12.7 Å². The van der Waals surface area contributed by atoms with Crippen LogP contribution in [0.25, 0.3) is 16.8 Å². The number of fused-ring (bicyclic) bond motifs is 1. The largest absolute Gasteiger partial charge is 0.467 e. The number of nitrogens with one attached hydrogen (secondary N) is 2. The van der Waals surface area contributed by atoms with Gasteiger partial charge in [-0.25, -0.2) is 23.4 Å². The molecular formula is C28H27F5N6O5. The molecule has 1 amide bonds. The first-order chi connectivity index (χ1) is 20.7. The Bertz CT molecular complexity index is 1840. The Labute approximate surface area is 245 Å². The van der Waals surface area contributed by atoms with E-state index < -0.39 is 70.7 Å². The van der Waals surface area contributed by atoms with E-state index in [-0.39, 0.29) is 17.6 Å². The number of anilines is 1. The molecule has 0 aliphatic heterocycles. The summed E-state index contributed by atoms with van der Waals surface area (Å²) < 4.78 is 77.5. The van der Waals surface area contributed by atoms with Crippen LogP contribution in [0.3, 0.4) is 0 Å². The number of benzene rings is 1. The van der Waals surface area contributed by atoms with Gasteiger partial charge in [0.2, 0.25) is 0 Å². The van der Waals surface area contributed by atoms with Crippen LogP contribution in [0.1, 0.15) is 29.4 Å². The molecule has 0 saturated heterocycles. The van der Waals surface area contributed by atoms with E-state index in [0.717, 1.165) is 11.7 Å². The van der Waals surface area contributed by atoms with Crippen LogP contribution >= 0.6 is 0 Å². The summed E-state index contributed by atoms with van der Waals surface area (Å²) in [5.41, 5.74) is -1.56. The minimum Gasteiger partial charge on any atom is -0.467 e. The molecule has 0 radical (unpaired) electrons. The summed E-state index contributed by atoms with van der Waals surface area (Å²) >= 11 is 0. The van der Waals surface area contributed by atoms with Crippen molar-refractivity contribution in [3.63, 3.8) is 0 Å². The molecule has 0 aliphatic rings. The molecule has 4 aromatic rings. The van der Waals surface area contributed by atoms with Gasteiger partial charge < -0.3 is 24.3 Å². The molecule has 1 aromatic carbocycles. The number of rotatable bonds is 9. The number of aromatic nitrogens is 4. The average Bonchev–Trinajstić information content (AvgIpc) is 3.46. The second-order valence-electron chi connectivity index (χ2n) is 9.87. The maximum Gasteiger partial charge on any atom is 0.408 e. The summed E-state index contributed by atoms with van der Waals surface area (Å²) in [7, 11) is 3.85. The van der Waals surface area contributed by atoms with E-state index in [1.54, 1.807) is 0 Å². The van der Waals surface area contributed by atoms with Gasteiger partial charge in [0.1, 0.15) is 34.9 Å². The second-order valence-corrected chi connectivity index (χ2v) is 9.87. The first-order valence-electron chi connectivity index (χ1n) is 13.1. The van der Waals surface area contributed by atoms with E-state index in [4.69, 9.17) is 4.74 Å². The lowest BCUT2D eigenvalue weighted by Gasteiger charge is -2.22. The summed E-state index contributed by atoms with van der Waals surface area (Å²) in [6, 6.07) is 0.621. The predicted molar refractivity (Wildman–Crippen MR) is 148 cm³/mol. The Morgan fingerprint density at radius 2 is 1.73 bits per heavy atom. The van der Waals surface area contributed by atoms with Crippen LogP contribution in [0.2, 0.25) is 0 Å². The van der Waals surface area contributed by atoms with Crippen molar-refractivity contribution in [2.75, 3.05) is 12.4 Å². The molecule has 3 heterocycles. The average molecular weight is 623 g/mol. The van der Waals surface area contributed by atoms with E-state index in [1.165, 1.54) is 60.7 Å². The summed E-state index contributed by atoms with van der Waals surface area (Å²) in [5, 5.41) is 4.23. The highest BCUT2D eigenvalue weighted by molar-refractivity contribution is 5.97. The summed E-state index contributed by atoms with van der Waals surface area (Å²) in [6.45, 7) is 1.24. The zero-order valence-corrected chi connectivity index (χ0v) is 23.8. The van der Waals surface area contributed by atoms with Gasteiger partial charge >= 0.3 is 17.8 Å². The number of nitrogens with zero attached hydrogens (tertiary/aromatic N) is 4. The standard InChI is InChI=1S/C28H27F5N6O5/c1-5-21(28(31,32)33)35-14-10-18(29)22(19(30)11-14)24(40)36-20(26(42)44-4)12-15-6-7-16(23-34-8-9-39(15)23)17-13-37(2)27(43)38(3)25(17)41/h6-11,13,20-21,35H,5,12H2,1-4H3,(H,36,40)/t20-,21+/m0/s1. The number of imidazole rings is 1. The van der Waals surface area contributed by atoms with E-state index in [9.17, 15) is 41.1 Å². The maximum absolute atomic E-state index is 14.9. The fourth-order valence-electron chi connectivity index (χ4n) is 4.70. The van der Waals surface area contributed by atoms with Gasteiger partial charge in [0, 0.05) is 56.1 Å². The van der Waals surface area contributed by atoms with Crippen molar-refractivity contribution >= 4 is 23.2 Å². The number of pyridine rings is 1. The van der Waals surface area contributed by atoms with E-state index in [1.807, 2.05) is 5.32 Å². The van der Waals surface area contributed by atoms with Gasteiger partial charge in [0.15, 0.2) is 0 Å². The van der Waals surface area contributed by atoms with Crippen LogP contribution < -0.4 is 21.9 Å². The molecule has 2 atom stereocenters. The smallest absolute Gasteiger partial charge is 0.408 e. The molecular weight excluding hydrogens is 595 g/mol. The van der Waals surface area contributed by atoms with E-state index in [2.05, 4.69) is 10.3 Å². The Kier molecular flexibility index (Phi) is 8.92. The molecule has 0 fully saturated rings. The number of hydrogen-bond acceptors (Lipinski definition) is 7. The predicted octanol–water partition coefficient (Wildman–Crippen LogP) is 2.94. The highest BCUT2D eigenvalue weighted by Gasteiger charge is 2.38. The van der Waals surface area contributed by atoms with Gasteiger partial charge in [-0.1, -0.05) is 6.92 Å². The molecule has 4 rings (SSSR count). The number of carbonyl (C=O) groups excluding carboxylic acids is 2. The minimum absolute atomic E-state index is 0.166. The minimum atomic E-state index is -4.68. The number of esters is 1. The Morgan fingerprint density at radius 3 is 2.32 bits per heavy atom. The second kappa shape index (κ2) is 12.3. The Hall–Kier alpha value is -5.02. The lowest BCUT2D eigenvalue weighted by atomic mass is 10.1. The van der Waals surface area contributed by atoms with Crippen LogP contribution in [0.15, 0.2) is 52.4 Å². The molecule has 0 aliphatic carbocycles. The lowest BCUT2D eigenvalue weighted by molar-refractivity contribution is -0.143. The highest BCUT2D eigenvalue weighted by atomic mass is 19.4. The quantitative estimate of drug-likeness (QED) is 0.217. The zero-order valence-electron chi connectivity index (χ0n) is 23.8. The number of methoxy groups -OCH3 is 1. The molecule has 2 N–H and O–H groups in total. The maximum atomic E-state index is 14.9. The Morgan fingerprint density at radius 1 is 1.07 bits per heavy atom. The Balaban J connectivity index is 1.65. The fraction of sp³-hybridized carbons (Fsp3) is 0.321. The highest BCUT2D eigenvalue weighted by Crippen LogP contribution is 2.28. The van der Waals surface area contributed by atoms with Crippen molar-refractivity contribution in [1.82, 2.24) is 23.8 Å². The molecule has 0 saturated carbocycles. The first-order valence-corrected chi connectivity index (χ1v) is 13.1. The van der Waals surface area contributed by atoms with Gasteiger partial charge in [0.25, 0.3) is 11.5 Å². The SMILES string of the molecule is CC[C@@H](Nc1cc(F)c(C(=O)N[C@@H](Cc2ccc(-c3cn(C)c(=O)n(C)c3=O)c3nccn23)C(=O)OC)c(F)c1)C(F)(F)F. The van der Waals surface area contributed by atoms with Gasteiger partial charge in [-0.3, -0.25) is 14.2 Å². The fourth-order valence-corrected chi connectivity index (χ4v) is 4.70. The number of amides is 1. The number of aryl methyl sites for hydroxylation is 1. The van der Waals surface area contributed by atoms with E-state index in [0.29, 0.717) is 23.4 Å². The van der Waals surface area contributed by atoms with Crippen molar-refractivity contribution in [3.05, 3.63) is 86.6 Å². The lowest BCUT2D eigenvalue weighted by Crippen LogP contribution is -2.44. The van der Waals surface area contributed by atoms with E-state index >= 15 is 0 Å². The summed E-state index contributed by atoms with van der Waals surface area (Å²) in [4.78, 5) is 54.8. The van der Waals surface area contributed by atoms with Crippen LogP contribution in [-0.4, -0.2) is 55.8 Å². The topological polar surface area (TPSA) is 129 Å². The molecule has 0 bridgehead atoms. The third kappa shape index (κ3) is 6.18. The van der Waals surface area contributed by atoms with Crippen molar-refractivity contribution in [3.8, 4) is 11.1 Å². The molecule has 0 unspecified atom stereocenters. The zero-order chi connectivity index (χ0) is 32.5. The van der Waals surface area contributed by atoms with Crippen molar-refractivity contribution in [2.45, 2.75) is 38.0 Å². The number of hydrogen-bond donors (Lipinski definition) is 2. The third-order valence-corrected chi connectivity index (χ3v) is 6.99. The van der Waals surface area contributed by atoms with Crippen molar-refractivity contribution < 1.29 is 36.3 Å². The summed E-state index contributed by atoms with van der Waals surface area (Å²) in [5.74, 6) is -5.22. The molecule has 234 valence electrons. The normalized spacial score (nSPS) is 13.0. The van der Waals surface area contributed by atoms with Crippen LogP contribution in [0.4, 0.5) is 27.6 Å². The van der Waals surface area contributed by atoms with Gasteiger partial charge in [-0.05, 0) is 30.7 Å². The van der Waals surface area contributed by atoms with Crippen LogP contribution in [0.5, 0.6) is 0 Å². The molecule has 16 heteroatoms. The number of ether oxygens (including phenoxy) is 1. The van der Waals surface area contributed by atoms with Gasteiger partial charge in [-0.15, -0.1) is 0 Å². The number of halogens is 5. The third-order valence-electron chi connectivity index (χ3n) is 6.99. The number of carbonyl (C=O) groups is 2. The molecule has 0 spiro atoms. The van der Waals surface area contributed by atoms with Gasteiger partial charge in [-0.2, -0.15) is 13.2 Å². The molecule has 3 aromatic heterocycles. The molecule has 44 heavy (non-hydrogen) atoms. The molecule has 11 nitrogen and oxygen atoms in total. The monoisotopic (exact) mass is 622 g/mol. The number of alkyl halides is 3.